The number of phenolic OH excluding ortho intramolecular Hbond substituents is 1. The summed E-state index contributed by atoms with van der Waals surface area (Å²) >= 11 is 0. The molecule has 1 fully saturated rings. The van der Waals surface area contributed by atoms with Gasteiger partial charge in [0.25, 0.3) is 5.91 Å². The highest BCUT2D eigenvalue weighted by Crippen LogP contribution is 2.36. The molecule has 0 saturated heterocycles. The highest BCUT2D eigenvalue weighted by atomic mass is 16.4. The summed E-state index contributed by atoms with van der Waals surface area (Å²) in [4.78, 5) is 41.2. The third kappa shape index (κ3) is 5.75. The van der Waals surface area contributed by atoms with Gasteiger partial charge in [-0.1, -0.05) is 25.3 Å². The molecule has 1 atom stereocenters. The van der Waals surface area contributed by atoms with E-state index in [0.29, 0.717) is 22.7 Å². The average Bonchev–Trinajstić information content (AvgIpc) is 3.61. The maximum atomic E-state index is 13.2. The molecule has 4 aromatic rings. The number of imidazole rings is 1. The number of hydrogen-bond acceptors (Lipinski definition) is 6. The quantitative estimate of drug-likeness (QED) is 0.228. The molecule has 0 spiro atoms. The molecule has 2 amide bonds. The molecule has 10 nitrogen and oxygen atoms in total. The average molecular weight is 543 g/mol. The Balaban J connectivity index is 1.40. The molecule has 206 valence electrons. The fraction of sp³-hybridized carbons (Fsp3) is 0.267. The first kappa shape index (κ1) is 26.7. The van der Waals surface area contributed by atoms with Crippen molar-refractivity contribution in [3.63, 3.8) is 0 Å². The Kier molecular flexibility index (Phi) is 7.68. The van der Waals surface area contributed by atoms with Gasteiger partial charge in [-0.05, 0) is 60.9 Å². The number of carbonyl (C=O) groups is 3. The van der Waals surface area contributed by atoms with E-state index >= 15 is 0 Å². The van der Waals surface area contributed by atoms with Crippen LogP contribution in [0.5, 0.6) is 5.75 Å². The first-order valence-corrected chi connectivity index (χ1v) is 13.2. The second-order valence-corrected chi connectivity index (χ2v) is 10.0. The highest BCUT2D eigenvalue weighted by Gasteiger charge is 2.25. The van der Waals surface area contributed by atoms with Gasteiger partial charge in [0.1, 0.15) is 23.9 Å². The Bertz CT molecular complexity index is 1580. The summed E-state index contributed by atoms with van der Waals surface area (Å²) in [7, 11) is 0. The van der Waals surface area contributed by atoms with Crippen LogP contribution in [-0.4, -0.2) is 43.6 Å². The van der Waals surface area contributed by atoms with Crippen LogP contribution in [0.2, 0.25) is 0 Å². The number of carboxylic acid groups (broad SMARTS) is 1. The summed E-state index contributed by atoms with van der Waals surface area (Å²) in [6.45, 7) is 0. The molecule has 40 heavy (non-hydrogen) atoms. The molecular formula is C30H30N4O6. The van der Waals surface area contributed by atoms with Crippen LogP contribution in [0.25, 0.3) is 28.5 Å². The van der Waals surface area contributed by atoms with Gasteiger partial charge in [-0.25, -0.2) is 9.78 Å². The molecule has 0 radical (unpaired) electrons. The number of nitrogens with two attached hydrogens (primary N) is 1. The molecular weight excluding hydrogens is 512 g/mol. The van der Waals surface area contributed by atoms with Crippen LogP contribution in [0.3, 0.4) is 0 Å². The summed E-state index contributed by atoms with van der Waals surface area (Å²) in [5.41, 5.74) is 9.25. The van der Waals surface area contributed by atoms with E-state index in [0.717, 1.165) is 48.7 Å². The minimum absolute atomic E-state index is 0.0540. The first-order valence-electron chi connectivity index (χ1n) is 13.2. The van der Waals surface area contributed by atoms with Crippen molar-refractivity contribution in [1.82, 2.24) is 14.9 Å². The van der Waals surface area contributed by atoms with Crippen molar-refractivity contribution in [2.75, 3.05) is 0 Å². The van der Waals surface area contributed by atoms with Crippen LogP contribution in [0.4, 0.5) is 0 Å². The van der Waals surface area contributed by atoms with Gasteiger partial charge >= 0.3 is 5.97 Å². The zero-order valence-electron chi connectivity index (χ0n) is 21.7. The molecule has 1 saturated carbocycles. The van der Waals surface area contributed by atoms with Gasteiger partial charge in [0.05, 0.1) is 22.9 Å². The van der Waals surface area contributed by atoms with Crippen molar-refractivity contribution in [3.05, 3.63) is 77.8 Å². The molecule has 0 bridgehead atoms. The zero-order valence-corrected chi connectivity index (χ0v) is 21.7. The van der Waals surface area contributed by atoms with Crippen molar-refractivity contribution in [1.29, 1.82) is 0 Å². The molecule has 10 heteroatoms. The van der Waals surface area contributed by atoms with Gasteiger partial charge in [0.2, 0.25) is 5.91 Å². The summed E-state index contributed by atoms with van der Waals surface area (Å²) < 4.78 is 7.56. The summed E-state index contributed by atoms with van der Waals surface area (Å²) in [6, 6.07) is 11.0. The second-order valence-electron chi connectivity index (χ2n) is 10.0. The second kappa shape index (κ2) is 11.5. The smallest absolute Gasteiger partial charge is 0.328 e. The number of phenols is 1. The summed E-state index contributed by atoms with van der Waals surface area (Å²) in [6.07, 6.45) is 11.1. The number of aromatic nitrogens is 2. The van der Waals surface area contributed by atoms with Gasteiger partial charge in [0.15, 0.2) is 0 Å². The van der Waals surface area contributed by atoms with Crippen molar-refractivity contribution in [2.45, 2.75) is 50.6 Å². The molecule has 1 aliphatic carbocycles. The Morgan fingerprint density at radius 2 is 1.93 bits per heavy atom. The minimum atomic E-state index is -1.16. The molecule has 2 aromatic carbocycles. The maximum Gasteiger partial charge on any atom is 0.328 e. The molecule has 5 rings (SSSR count). The van der Waals surface area contributed by atoms with Gasteiger partial charge in [-0.15, -0.1) is 0 Å². The maximum absolute atomic E-state index is 13.2. The first-order chi connectivity index (χ1) is 19.3. The van der Waals surface area contributed by atoms with Crippen molar-refractivity contribution >= 4 is 34.9 Å². The van der Waals surface area contributed by atoms with Crippen LogP contribution in [-0.2, 0) is 16.0 Å². The molecule has 0 aliphatic heterocycles. The Morgan fingerprint density at radius 3 is 2.62 bits per heavy atom. The van der Waals surface area contributed by atoms with Crippen molar-refractivity contribution in [3.8, 4) is 17.1 Å². The lowest BCUT2D eigenvalue weighted by Gasteiger charge is -2.25. The Morgan fingerprint density at radius 1 is 1.12 bits per heavy atom. The number of primary amides is 1. The zero-order chi connectivity index (χ0) is 28.2. The van der Waals surface area contributed by atoms with Crippen LogP contribution >= 0.6 is 0 Å². The number of benzene rings is 2. The van der Waals surface area contributed by atoms with Crippen LogP contribution in [0.1, 0.15) is 59.6 Å². The van der Waals surface area contributed by atoms with Gasteiger partial charge in [0, 0.05) is 29.7 Å². The fourth-order valence-corrected chi connectivity index (χ4v) is 5.27. The number of hydrogen-bond donors (Lipinski definition) is 4. The lowest BCUT2D eigenvalue weighted by atomic mass is 9.95. The Hall–Kier alpha value is -4.86. The number of furan rings is 1. The normalized spacial score (nSPS) is 14.9. The lowest BCUT2D eigenvalue weighted by Crippen LogP contribution is -2.45. The number of carbonyl (C=O) groups excluding carboxylic acids is 2. The van der Waals surface area contributed by atoms with E-state index in [9.17, 15) is 19.5 Å². The Labute approximate surface area is 230 Å². The number of nitrogens with zero attached hydrogens (tertiary/aromatic N) is 2. The largest absolute Gasteiger partial charge is 0.507 e. The molecule has 1 aliphatic rings. The van der Waals surface area contributed by atoms with E-state index in [1.54, 1.807) is 30.7 Å². The topological polar surface area (TPSA) is 161 Å². The predicted octanol–water partition coefficient (Wildman–Crippen LogP) is 4.43. The molecule has 5 N–H and O–H groups in total. The van der Waals surface area contributed by atoms with Crippen LogP contribution < -0.4 is 11.1 Å². The van der Waals surface area contributed by atoms with E-state index < -0.39 is 23.8 Å². The minimum Gasteiger partial charge on any atom is -0.507 e. The van der Waals surface area contributed by atoms with Gasteiger partial charge in [-0.2, -0.15) is 0 Å². The number of amides is 2. The highest BCUT2D eigenvalue weighted by molar-refractivity contribution is 6.00. The number of aromatic hydroxyl groups is 1. The van der Waals surface area contributed by atoms with Crippen LogP contribution in [0, 0.1) is 0 Å². The monoisotopic (exact) mass is 542 g/mol. The van der Waals surface area contributed by atoms with E-state index in [1.807, 2.05) is 12.1 Å². The lowest BCUT2D eigenvalue weighted by molar-refractivity contribution is -0.131. The standard InChI is InChI=1S/C30H30N4O6/c31-28(38)24(15-18-6-10-26(35)19(14-18)8-11-27(36)37)33-30(39)20-7-9-25-23(16-20)32-29(21-12-13-40-17-21)34(25)22-4-2-1-3-5-22/h6-14,16-17,22,24,35H,1-5,15H2,(H2,31,38)(H,33,39)(H,36,37). The predicted molar refractivity (Wildman–Crippen MR) is 148 cm³/mol. The van der Waals surface area contributed by atoms with E-state index in [1.165, 1.54) is 24.6 Å². The summed E-state index contributed by atoms with van der Waals surface area (Å²) in [5, 5.41) is 21.6. The van der Waals surface area contributed by atoms with Gasteiger partial charge in [-0.3, -0.25) is 9.59 Å². The number of fused-ring (bicyclic) bond motifs is 1. The van der Waals surface area contributed by atoms with Crippen molar-refractivity contribution < 1.29 is 29.0 Å². The van der Waals surface area contributed by atoms with Crippen molar-refractivity contribution in [2.24, 2.45) is 5.73 Å². The molecule has 2 heterocycles. The van der Waals surface area contributed by atoms with Gasteiger partial charge < -0.3 is 30.2 Å². The SMILES string of the molecule is NC(=O)C(Cc1ccc(O)c(C=CC(=O)O)c1)NC(=O)c1ccc2c(c1)nc(-c1ccoc1)n2C1CCCCC1. The number of nitrogens with one attached hydrogen (secondary N) is 1. The van der Waals surface area contributed by atoms with E-state index in [-0.39, 0.29) is 17.7 Å². The molecule has 1 unspecified atom stereocenters. The third-order valence-corrected chi connectivity index (χ3v) is 7.26. The van der Waals surface area contributed by atoms with E-state index in [4.69, 9.17) is 20.2 Å². The third-order valence-electron chi connectivity index (χ3n) is 7.26. The molecule has 2 aromatic heterocycles. The fourth-order valence-electron chi connectivity index (χ4n) is 5.27. The summed E-state index contributed by atoms with van der Waals surface area (Å²) in [5.74, 6) is -1.69. The number of aliphatic carboxylic acids is 1. The number of rotatable bonds is 9. The van der Waals surface area contributed by atoms with E-state index in [2.05, 4.69) is 9.88 Å². The van der Waals surface area contributed by atoms with Crippen LogP contribution in [0.15, 0.2) is 65.5 Å². The number of carboxylic acids is 1.